The Balaban J connectivity index is 2.17. The third-order valence-electron chi connectivity index (χ3n) is 1.60. The molecule has 1 nitrogen and oxygen atoms in total. The third-order valence-corrected chi connectivity index (χ3v) is 3.07. The lowest BCUT2D eigenvalue weighted by molar-refractivity contribution is 0.317. The molecule has 70 valence electrons. The maximum Gasteiger partial charge on any atom is 0.119 e. The predicted octanol–water partition coefficient (Wildman–Crippen LogP) is 2.70. The van der Waals surface area contributed by atoms with Crippen LogP contribution in [0.2, 0.25) is 6.04 Å². The molecule has 0 aromatic heterocycles. The van der Waals surface area contributed by atoms with E-state index in [1.54, 1.807) is 0 Å². The van der Waals surface area contributed by atoms with Crippen molar-refractivity contribution < 1.29 is 4.74 Å². The molecule has 0 N–H and O–H groups in total. The average Bonchev–Trinajstić information content (AvgIpc) is 2.14. The monoisotopic (exact) mass is 212 g/mol. The fourth-order valence-electron chi connectivity index (χ4n) is 0.971. The summed E-state index contributed by atoms with van der Waals surface area (Å²) >= 11 is 5.79. The van der Waals surface area contributed by atoms with Crippen molar-refractivity contribution in [3.05, 3.63) is 30.3 Å². The van der Waals surface area contributed by atoms with Crippen LogP contribution < -0.4 is 4.74 Å². The van der Waals surface area contributed by atoms with Gasteiger partial charge in [-0.3, -0.25) is 0 Å². The van der Waals surface area contributed by atoms with Crippen LogP contribution in [0.15, 0.2) is 30.3 Å². The highest BCUT2D eigenvalue weighted by molar-refractivity contribution is 7.07. The molecule has 0 atom stereocenters. The molecule has 1 rings (SSSR count). The minimum Gasteiger partial charge on any atom is -0.494 e. The van der Waals surface area contributed by atoms with Gasteiger partial charge in [0, 0.05) is 0 Å². The molecule has 0 saturated carbocycles. The van der Waals surface area contributed by atoms with Crippen molar-refractivity contribution in [2.75, 3.05) is 6.61 Å². The summed E-state index contributed by atoms with van der Waals surface area (Å²) in [7, 11) is -0.846. The zero-order valence-electron chi connectivity index (χ0n) is 7.50. The second kappa shape index (κ2) is 5.94. The number of hydrogen-bond acceptors (Lipinski definition) is 1. The fourth-order valence-corrected chi connectivity index (χ4v) is 1.90. The number of benzene rings is 1. The highest BCUT2D eigenvalue weighted by Gasteiger charge is 1.93. The third kappa shape index (κ3) is 4.86. The molecule has 0 unspecified atom stereocenters. The van der Waals surface area contributed by atoms with E-state index in [4.69, 9.17) is 15.8 Å². The van der Waals surface area contributed by atoms with E-state index in [9.17, 15) is 0 Å². The summed E-state index contributed by atoms with van der Waals surface area (Å²) < 4.78 is 5.49. The summed E-state index contributed by atoms with van der Waals surface area (Å²) in [6, 6.07) is 10.8. The molecule has 0 heterocycles. The minimum atomic E-state index is -0.846. The van der Waals surface area contributed by atoms with Crippen LogP contribution >= 0.6 is 11.1 Å². The molecule has 0 radical (unpaired) electrons. The van der Waals surface area contributed by atoms with Gasteiger partial charge in [0.05, 0.1) is 6.61 Å². The molecule has 0 aliphatic heterocycles. The Morgan fingerprint density at radius 2 is 2.00 bits per heavy atom. The number of para-hydroxylation sites is 1. The van der Waals surface area contributed by atoms with Gasteiger partial charge >= 0.3 is 0 Å². The molecule has 0 bridgehead atoms. The van der Waals surface area contributed by atoms with Crippen LogP contribution in [-0.2, 0) is 0 Å². The Labute approximate surface area is 85.2 Å². The Kier molecular flexibility index (Phi) is 4.79. The molecule has 3 heteroatoms. The van der Waals surface area contributed by atoms with Crippen LogP contribution in [0.4, 0.5) is 0 Å². The van der Waals surface area contributed by atoms with Crippen molar-refractivity contribution in [1.29, 1.82) is 0 Å². The normalized spacial score (nSPS) is 9.62. The standard InChI is InChI=1S/C10H13ClOSi/c1-13(11)9-5-8-12-10-6-3-2-4-7-10/h2-4,6-7H,1,5,8-9H2. The summed E-state index contributed by atoms with van der Waals surface area (Å²) in [5, 5.41) is 0. The van der Waals surface area contributed by atoms with E-state index in [1.807, 2.05) is 30.3 Å². The molecule has 0 amide bonds. The van der Waals surface area contributed by atoms with E-state index in [1.165, 1.54) is 0 Å². The lowest BCUT2D eigenvalue weighted by atomic mass is 10.3. The van der Waals surface area contributed by atoms with Gasteiger partial charge in [-0.15, -0.1) is 17.3 Å². The molecule has 1 aromatic carbocycles. The largest absolute Gasteiger partial charge is 0.494 e. The van der Waals surface area contributed by atoms with Crippen LogP contribution in [0.5, 0.6) is 5.75 Å². The van der Waals surface area contributed by atoms with Crippen LogP contribution in [0, 0.1) is 0 Å². The maximum absolute atomic E-state index is 5.79. The topological polar surface area (TPSA) is 9.23 Å². The smallest absolute Gasteiger partial charge is 0.119 e. The number of rotatable bonds is 5. The lowest BCUT2D eigenvalue weighted by Crippen LogP contribution is -1.99. The van der Waals surface area contributed by atoms with E-state index in [2.05, 4.69) is 6.17 Å². The SMILES string of the molecule is C=[Si](Cl)CCCOc1ccccc1. The van der Waals surface area contributed by atoms with E-state index in [0.29, 0.717) is 0 Å². The lowest BCUT2D eigenvalue weighted by Gasteiger charge is -2.04. The molecule has 1 aromatic rings. The van der Waals surface area contributed by atoms with Gasteiger partial charge in [-0.2, -0.15) is 0 Å². The van der Waals surface area contributed by atoms with Crippen molar-refractivity contribution in [1.82, 2.24) is 0 Å². The summed E-state index contributed by atoms with van der Waals surface area (Å²) in [5.41, 5.74) is 0. The highest BCUT2D eigenvalue weighted by atomic mass is 35.6. The summed E-state index contributed by atoms with van der Waals surface area (Å²) in [5.74, 6) is 0.926. The van der Waals surface area contributed by atoms with Crippen molar-refractivity contribution in [2.45, 2.75) is 12.5 Å². The van der Waals surface area contributed by atoms with Gasteiger partial charge in [0.15, 0.2) is 0 Å². The molecular formula is C10H13ClOSi. The van der Waals surface area contributed by atoms with Gasteiger partial charge in [0.1, 0.15) is 13.5 Å². The maximum atomic E-state index is 5.79. The van der Waals surface area contributed by atoms with Crippen molar-refractivity contribution in [2.24, 2.45) is 0 Å². The molecule has 0 saturated heterocycles. The summed E-state index contributed by atoms with van der Waals surface area (Å²) in [6.07, 6.45) is 4.79. The van der Waals surface area contributed by atoms with Gasteiger partial charge in [0.25, 0.3) is 0 Å². The Morgan fingerprint density at radius 1 is 1.31 bits per heavy atom. The van der Waals surface area contributed by atoms with Gasteiger partial charge in [0.2, 0.25) is 0 Å². The number of halogens is 1. The van der Waals surface area contributed by atoms with Gasteiger partial charge in [-0.05, 0) is 24.6 Å². The Hall–Kier alpha value is -0.603. The van der Waals surface area contributed by atoms with Crippen molar-refractivity contribution in [3.63, 3.8) is 0 Å². The molecular weight excluding hydrogens is 200 g/mol. The van der Waals surface area contributed by atoms with Crippen LogP contribution in [0.25, 0.3) is 0 Å². The van der Waals surface area contributed by atoms with Gasteiger partial charge < -0.3 is 4.74 Å². The average molecular weight is 213 g/mol. The second-order valence-corrected chi connectivity index (χ2v) is 5.92. The van der Waals surface area contributed by atoms with Gasteiger partial charge in [-0.1, -0.05) is 18.2 Å². The first kappa shape index (κ1) is 10.5. The van der Waals surface area contributed by atoms with E-state index in [0.717, 1.165) is 24.8 Å². The molecule has 0 aliphatic carbocycles. The number of ether oxygens (including phenoxy) is 1. The predicted molar refractivity (Wildman–Crippen MR) is 60.1 cm³/mol. The summed E-state index contributed by atoms with van der Waals surface area (Å²) in [6.45, 7) is 0.737. The quantitative estimate of drug-likeness (QED) is 0.414. The van der Waals surface area contributed by atoms with Crippen LogP contribution in [-0.4, -0.2) is 20.5 Å². The van der Waals surface area contributed by atoms with E-state index < -0.39 is 7.72 Å². The first-order valence-corrected chi connectivity index (χ1v) is 7.23. The molecule has 13 heavy (non-hydrogen) atoms. The Bertz CT molecular complexity index is 261. The number of hydrogen-bond donors (Lipinski definition) is 0. The Morgan fingerprint density at radius 3 is 2.62 bits per heavy atom. The highest BCUT2D eigenvalue weighted by Crippen LogP contribution is 2.08. The minimum absolute atomic E-state index is 0.737. The van der Waals surface area contributed by atoms with E-state index >= 15 is 0 Å². The van der Waals surface area contributed by atoms with Crippen LogP contribution in [0.3, 0.4) is 0 Å². The second-order valence-electron chi connectivity index (χ2n) is 2.78. The molecule has 0 fully saturated rings. The summed E-state index contributed by atoms with van der Waals surface area (Å²) in [4.78, 5) is 0. The van der Waals surface area contributed by atoms with E-state index in [-0.39, 0.29) is 0 Å². The fraction of sp³-hybridized carbons (Fsp3) is 0.300. The van der Waals surface area contributed by atoms with Crippen molar-refractivity contribution >= 4 is 25.0 Å². The van der Waals surface area contributed by atoms with Crippen LogP contribution in [0.1, 0.15) is 6.42 Å². The first-order chi connectivity index (χ1) is 6.29. The van der Waals surface area contributed by atoms with Crippen molar-refractivity contribution in [3.8, 4) is 5.75 Å². The zero-order valence-corrected chi connectivity index (χ0v) is 9.26. The molecule has 0 spiro atoms. The van der Waals surface area contributed by atoms with Gasteiger partial charge in [-0.25, -0.2) is 0 Å². The first-order valence-electron chi connectivity index (χ1n) is 4.30. The molecule has 0 aliphatic rings. The zero-order chi connectivity index (χ0) is 9.52.